The van der Waals surface area contributed by atoms with Crippen LogP contribution in [0.4, 0.5) is 5.69 Å². The predicted molar refractivity (Wildman–Crippen MR) is 75.0 cm³/mol. The van der Waals surface area contributed by atoms with E-state index >= 15 is 0 Å². The summed E-state index contributed by atoms with van der Waals surface area (Å²) in [5.41, 5.74) is 3.94. The number of hydrogen-bond acceptors (Lipinski definition) is 3. The standard InChI is InChI=1S/C14H16ClN3/c1-9-6-12(4-5-13(9)15)18-11(3)14-8-16-10(2)7-17-14/h4-8,11,18H,1-3H3. The molecule has 3 nitrogen and oxygen atoms in total. The lowest BCUT2D eigenvalue weighted by Crippen LogP contribution is -2.09. The molecule has 1 N–H and O–H groups in total. The van der Waals surface area contributed by atoms with E-state index in [1.54, 1.807) is 12.4 Å². The monoisotopic (exact) mass is 261 g/mol. The maximum atomic E-state index is 6.00. The van der Waals surface area contributed by atoms with Gasteiger partial charge in [-0.3, -0.25) is 9.97 Å². The molecule has 0 aliphatic carbocycles. The molecule has 0 aliphatic heterocycles. The Morgan fingerprint density at radius 3 is 2.56 bits per heavy atom. The van der Waals surface area contributed by atoms with Gasteiger partial charge in [0.25, 0.3) is 0 Å². The van der Waals surface area contributed by atoms with E-state index in [1.807, 2.05) is 32.0 Å². The fourth-order valence-corrected chi connectivity index (χ4v) is 1.80. The summed E-state index contributed by atoms with van der Waals surface area (Å²) < 4.78 is 0. The topological polar surface area (TPSA) is 37.8 Å². The molecule has 1 heterocycles. The molecule has 2 aromatic rings. The zero-order valence-electron chi connectivity index (χ0n) is 10.7. The molecule has 1 aromatic heterocycles. The van der Waals surface area contributed by atoms with Gasteiger partial charge >= 0.3 is 0 Å². The van der Waals surface area contributed by atoms with Gasteiger partial charge < -0.3 is 5.32 Å². The summed E-state index contributed by atoms with van der Waals surface area (Å²) >= 11 is 6.00. The highest BCUT2D eigenvalue weighted by Crippen LogP contribution is 2.22. The van der Waals surface area contributed by atoms with Gasteiger partial charge in [-0.1, -0.05) is 11.6 Å². The Bertz CT molecular complexity index is 537. The maximum Gasteiger partial charge on any atom is 0.0806 e. The van der Waals surface area contributed by atoms with Gasteiger partial charge in [0.05, 0.1) is 23.6 Å². The first-order chi connectivity index (χ1) is 8.56. The fourth-order valence-electron chi connectivity index (χ4n) is 1.68. The van der Waals surface area contributed by atoms with Crippen molar-refractivity contribution in [2.45, 2.75) is 26.8 Å². The lowest BCUT2D eigenvalue weighted by molar-refractivity contribution is 0.822. The molecule has 0 saturated heterocycles. The number of nitrogens with one attached hydrogen (secondary N) is 1. The second-order valence-corrected chi connectivity index (χ2v) is 4.82. The van der Waals surface area contributed by atoms with Gasteiger partial charge in [-0.05, 0) is 44.5 Å². The first-order valence-electron chi connectivity index (χ1n) is 5.87. The summed E-state index contributed by atoms with van der Waals surface area (Å²) in [7, 11) is 0. The minimum Gasteiger partial charge on any atom is -0.377 e. The Morgan fingerprint density at radius 2 is 1.94 bits per heavy atom. The molecular formula is C14H16ClN3. The highest BCUT2D eigenvalue weighted by atomic mass is 35.5. The SMILES string of the molecule is Cc1cnc(C(C)Nc2ccc(Cl)c(C)c2)cn1. The van der Waals surface area contributed by atoms with Gasteiger partial charge in [-0.15, -0.1) is 0 Å². The summed E-state index contributed by atoms with van der Waals surface area (Å²) in [4.78, 5) is 8.61. The van der Waals surface area contributed by atoms with Gasteiger partial charge in [0.1, 0.15) is 0 Å². The van der Waals surface area contributed by atoms with Gasteiger partial charge in [-0.25, -0.2) is 0 Å². The third-order valence-corrected chi connectivity index (χ3v) is 3.21. The van der Waals surface area contributed by atoms with Crippen LogP contribution in [0.25, 0.3) is 0 Å². The average molecular weight is 262 g/mol. The minimum atomic E-state index is 0.110. The van der Waals surface area contributed by atoms with E-state index in [4.69, 9.17) is 11.6 Å². The Kier molecular flexibility index (Phi) is 3.82. The van der Waals surface area contributed by atoms with Crippen molar-refractivity contribution in [3.63, 3.8) is 0 Å². The van der Waals surface area contributed by atoms with Crippen molar-refractivity contribution in [3.8, 4) is 0 Å². The van der Waals surface area contributed by atoms with Crippen molar-refractivity contribution >= 4 is 17.3 Å². The zero-order chi connectivity index (χ0) is 13.1. The van der Waals surface area contributed by atoms with Crippen molar-refractivity contribution in [2.75, 3.05) is 5.32 Å². The van der Waals surface area contributed by atoms with Crippen LogP contribution in [0.5, 0.6) is 0 Å². The highest BCUT2D eigenvalue weighted by Gasteiger charge is 2.07. The Balaban J connectivity index is 2.13. The van der Waals surface area contributed by atoms with Crippen LogP contribution < -0.4 is 5.32 Å². The number of anilines is 1. The molecule has 0 bridgehead atoms. The quantitative estimate of drug-likeness (QED) is 0.910. The fraction of sp³-hybridized carbons (Fsp3) is 0.286. The molecule has 0 spiro atoms. The van der Waals surface area contributed by atoms with Crippen LogP contribution in [0, 0.1) is 13.8 Å². The summed E-state index contributed by atoms with van der Waals surface area (Å²) in [5, 5.41) is 4.17. The van der Waals surface area contributed by atoms with Crippen molar-refractivity contribution in [1.82, 2.24) is 9.97 Å². The molecule has 1 unspecified atom stereocenters. The van der Waals surface area contributed by atoms with E-state index in [-0.39, 0.29) is 6.04 Å². The number of benzene rings is 1. The van der Waals surface area contributed by atoms with E-state index in [9.17, 15) is 0 Å². The lowest BCUT2D eigenvalue weighted by Gasteiger charge is -2.15. The second-order valence-electron chi connectivity index (χ2n) is 4.41. The van der Waals surface area contributed by atoms with Crippen LogP contribution >= 0.6 is 11.6 Å². The molecule has 1 atom stereocenters. The van der Waals surface area contributed by atoms with E-state index in [2.05, 4.69) is 22.2 Å². The predicted octanol–water partition coefficient (Wildman–Crippen LogP) is 3.92. The molecule has 94 valence electrons. The van der Waals surface area contributed by atoms with Crippen LogP contribution in [0.3, 0.4) is 0 Å². The summed E-state index contributed by atoms with van der Waals surface area (Å²) in [6.07, 6.45) is 3.58. The summed E-state index contributed by atoms with van der Waals surface area (Å²) in [6, 6.07) is 6.00. The Morgan fingerprint density at radius 1 is 1.17 bits per heavy atom. The van der Waals surface area contributed by atoms with Crippen LogP contribution in [-0.4, -0.2) is 9.97 Å². The minimum absolute atomic E-state index is 0.110. The molecule has 2 rings (SSSR count). The largest absolute Gasteiger partial charge is 0.377 e. The third kappa shape index (κ3) is 2.99. The van der Waals surface area contributed by atoms with Gasteiger partial charge in [0.2, 0.25) is 0 Å². The molecule has 0 saturated carbocycles. The Labute approximate surface area is 112 Å². The second kappa shape index (κ2) is 5.36. The van der Waals surface area contributed by atoms with Gasteiger partial charge in [-0.2, -0.15) is 0 Å². The number of hydrogen-bond donors (Lipinski definition) is 1. The molecule has 0 radical (unpaired) electrons. The van der Waals surface area contributed by atoms with Gasteiger partial charge in [0, 0.05) is 16.9 Å². The number of halogens is 1. The molecular weight excluding hydrogens is 246 g/mol. The average Bonchev–Trinajstić information content (AvgIpc) is 2.34. The molecule has 0 amide bonds. The van der Waals surface area contributed by atoms with E-state index in [1.165, 1.54) is 0 Å². The van der Waals surface area contributed by atoms with E-state index in [0.29, 0.717) is 0 Å². The molecule has 0 fully saturated rings. The van der Waals surface area contributed by atoms with Crippen molar-refractivity contribution in [1.29, 1.82) is 0 Å². The lowest BCUT2D eigenvalue weighted by atomic mass is 10.2. The number of aryl methyl sites for hydroxylation is 2. The summed E-state index contributed by atoms with van der Waals surface area (Å²) in [6.45, 7) is 5.98. The zero-order valence-corrected chi connectivity index (χ0v) is 11.5. The molecule has 1 aromatic carbocycles. The van der Waals surface area contributed by atoms with Crippen LogP contribution in [0.2, 0.25) is 5.02 Å². The summed E-state index contributed by atoms with van der Waals surface area (Å²) in [5.74, 6) is 0. The molecule has 4 heteroatoms. The first kappa shape index (κ1) is 12.8. The normalized spacial score (nSPS) is 12.2. The van der Waals surface area contributed by atoms with Crippen LogP contribution in [-0.2, 0) is 0 Å². The number of nitrogens with zero attached hydrogens (tertiary/aromatic N) is 2. The van der Waals surface area contributed by atoms with Crippen molar-refractivity contribution in [3.05, 3.63) is 52.6 Å². The van der Waals surface area contributed by atoms with Crippen LogP contribution in [0.1, 0.15) is 29.9 Å². The van der Waals surface area contributed by atoms with E-state index in [0.717, 1.165) is 27.7 Å². The Hall–Kier alpha value is -1.61. The number of rotatable bonds is 3. The first-order valence-corrected chi connectivity index (χ1v) is 6.25. The van der Waals surface area contributed by atoms with Crippen LogP contribution in [0.15, 0.2) is 30.6 Å². The molecule has 18 heavy (non-hydrogen) atoms. The molecule has 0 aliphatic rings. The maximum absolute atomic E-state index is 6.00. The smallest absolute Gasteiger partial charge is 0.0806 e. The highest BCUT2D eigenvalue weighted by molar-refractivity contribution is 6.31. The van der Waals surface area contributed by atoms with Gasteiger partial charge in [0.15, 0.2) is 0 Å². The number of aromatic nitrogens is 2. The van der Waals surface area contributed by atoms with E-state index < -0.39 is 0 Å². The third-order valence-electron chi connectivity index (χ3n) is 2.79. The van der Waals surface area contributed by atoms with Crippen molar-refractivity contribution < 1.29 is 0 Å². The van der Waals surface area contributed by atoms with Crippen molar-refractivity contribution in [2.24, 2.45) is 0 Å².